The maximum absolute atomic E-state index is 12.1. The van der Waals surface area contributed by atoms with Crippen molar-refractivity contribution in [3.63, 3.8) is 0 Å². The summed E-state index contributed by atoms with van der Waals surface area (Å²) in [7, 11) is -7.56. The van der Waals surface area contributed by atoms with Gasteiger partial charge in [0.15, 0.2) is 0 Å². The van der Waals surface area contributed by atoms with Gasteiger partial charge in [-0.15, -0.1) is 11.3 Å². The van der Waals surface area contributed by atoms with E-state index < -0.39 is 19.9 Å². The SMILES string of the molecule is NS(=O)(=O)c1cc(S(=O)(=O)c2ccccc2)cs1. The minimum absolute atomic E-state index is 0.0669. The minimum Gasteiger partial charge on any atom is -0.224 e. The van der Waals surface area contributed by atoms with E-state index in [4.69, 9.17) is 5.14 Å². The van der Waals surface area contributed by atoms with E-state index in [9.17, 15) is 16.8 Å². The highest BCUT2D eigenvalue weighted by Gasteiger charge is 2.21. The highest BCUT2D eigenvalue weighted by molar-refractivity contribution is 7.92. The van der Waals surface area contributed by atoms with Gasteiger partial charge in [-0.3, -0.25) is 0 Å². The zero-order chi connectivity index (χ0) is 13.4. The summed E-state index contributed by atoms with van der Waals surface area (Å²) in [6, 6.07) is 8.86. The molecule has 18 heavy (non-hydrogen) atoms. The molecule has 2 aromatic rings. The van der Waals surface area contributed by atoms with Gasteiger partial charge >= 0.3 is 0 Å². The first-order valence-electron chi connectivity index (χ1n) is 4.73. The molecule has 0 aliphatic carbocycles. The molecule has 0 saturated carbocycles. The molecular weight excluding hydrogens is 294 g/mol. The summed E-state index contributed by atoms with van der Waals surface area (Å²) in [5.74, 6) is 0. The van der Waals surface area contributed by atoms with Crippen molar-refractivity contribution in [1.82, 2.24) is 0 Å². The van der Waals surface area contributed by atoms with Gasteiger partial charge in [-0.1, -0.05) is 18.2 Å². The summed E-state index contributed by atoms with van der Waals surface area (Å²) in [5, 5.41) is 6.21. The van der Waals surface area contributed by atoms with Gasteiger partial charge in [0.2, 0.25) is 19.9 Å². The van der Waals surface area contributed by atoms with E-state index in [1.54, 1.807) is 18.2 Å². The summed E-state index contributed by atoms with van der Waals surface area (Å²) < 4.78 is 46.3. The molecule has 0 fully saturated rings. The number of sulfonamides is 1. The van der Waals surface area contributed by atoms with E-state index in [0.29, 0.717) is 0 Å². The lowest BCUT2D eigenvalue weighted by atomic mass is 10.4. The molecule has 0 spiro atoms. The molecule has 5 nitrogen and oxygen atoms in total. The Morgan fingerprint density at radius 1 is 0.944 bits per heavy atom. The van der Waals surface area contributed by atoms with E-state index >= 15 is 0 Å². The zero-order valence-electron chi connectivity index (χ0n) is 8.98. The van der Waals surface area contributed by atoms with Crippen molar-refractivity contribution in [3.05, 3.63) is 41.8 Å². The predicted octanol–water partition coefficient (Wildman–Crippen LogP) is 1.23. The lowest BCUT2D eigenvalue weighted by molar-refractivity contribution is 0.596. The monoisotopic (exact) mass is 303 g/mol. The number of sulfone groups is 1. The molecule has 0 bridgehead atoms. The van der Waals surface area contributed by atoms with Gasteiger partial charge in [-0.25, -0.2) is 22.0 Å². The molecule has 0 amide bonds. The van der Waals surface area contributed by atoms with Crippen LogP contribution in [0.2, 0.25) is 0 Å². The number of nitrogens with two attached hydrogens (primary N) is 1. The van der Waals surface area contributed by atoms with Crippen LogP contribution in [0.5, 0.6) is 0 Å². The van der Waals surface area contributed by atoms with E-state index in [0.717, 1.165) is 17.4 Å². The first-order valence-corrected chi connectivity index (χ1v) is 8.64. The summed E-state index contributed by atoms with van der Waals surface area (Å²) >= 11 is 0.786. The Balaban J connectivity index is 2.54. The highest BCUT2D eigenvalue weighted by Crippen LogP contribution is 2.27. The summed E-state index contributed by atoms with van der Waals surface area (Å²) in [6.07, 6.45) is 0. The Bertz CT molecular complexity index is 760. The number of thiophene rings is 1. The second-order valence-corrected chi connectivity index (χ2v) is 8.11. The van der Waals surface area contributed by atoms with Crippen LogP contribution in [-0.2, 0) is 19.9 Å². The third kappa shape index (κ3) is 2.46. The number of benzene rings is 1. The maximum atomic E-state index is 12.1. The predicted molar refractivity (Wildman–Crippen MR) is 67.6 cm³/mol. The molecule has 1 aromatic carbocycles. The topological polar surface area (TPSA) is 94.3 Å². The van der Waals surface area contributed by atoms with Crippen molar-refractivity contribution >= 4 is 31.2 Å². The lowest BCUT2D eigenvalue weighted by Gasteiger charge is -2.00. The van der Waals surface area contributed by atoms with Crippen LogP contribution < -0.4 is 5.14 Å². The molecular formula is C10H9NO4S3. The van der Waals surface area contributed by atoms with Crippen LogP contribution in [0.25, 0.3) is 0 Å². The molecule has 8 heteroatoms. The second kappa shape index (κ2) is 4.47. The van der Waals surface area contributed by atoms with Gasteiger partial charge in [0.25, 0.3) is 0 Å². The third-order valence-electron chi connectivity index (χ3n) is 2.20. The van der Waals surface area contributed by atoms with Gasteiger partial charge in [-0.05, 0) is 18.2 Å². The Labute approximate surface area is 109 Å². The first-order chi connectivity index (χ1) is 8.32. The van der Waals surface area contributed by atoms with Crippen molar-refractivity contribution in [2.24, 2.45) is 5.14 Å². The van der Waals surface area contributed by atoms with E-state index in [1.807, 2.05) is 0 Å². The van der Waals surface area contributed by atoms with Crippen molar-refractivity contribution in [3.8, 4) is 0 Å². The van der Waals surface area contributed by atoms with Gasteiger partial charge in [-0.2, -0.15) is 0 Å². The standard InChI is InChI=1S/C10H9NO4S3/c11-18(14,15)10-6-9(7-16-10)17(12,13)8-4-2-1-3-5-8/h1-7H,(H2,11,14,15). The molecule has 96 valence electrons. The van der Waals surface area contributed by atoms with Crippen molar-refractivity contribution in [2.45, 2.75) is 14.0 Å². The van der Waals surface area contributed by atoms with Crippen LogP contribution >= 0.6 is 11.3 Å². The quantitative estimate of drug-likeness (QED) is 0.922. The third-order valence-corrected chi connectivity index (χ3v) is 6.48. The van der Waals surface area contributed by atoms with Crippen molar-refractivity contribution in [2.75, 3.05) is 0 Å². The highest BCUT2D eigenvalue weighted by atomic mass is 32.2. The van der Waals surface area contributed by atoms with Gasteiger partial charge in [0.1, 0.15) is 4.21 Å². The zero-order valence-corrected chi connectivity index (χ0v) is 11.4. The largest absolute Gasteiger partial charge is 0.247 e. The fraction of sp³-hybridized carbons (Fsp3) is 0. The molecule has 1 aromatic heterocycles. The Kier molecular flexibility index (Phi) is 3.28. The summed E-state index contributed by atoms with van der Waals surface area (Å²) in [6.45, 7) is 0. The van der Waals surface area contributed by atoms with Gasteiger partial charge < -0.3 is 0 Å². The number of hydrogen-bond donors (Lipinski definition) is 1. The molecule has 0 unspecified atom stereocenters. The van der Waals surface area contributed by atoms with Crippen LogP contribution in [0.15, 0.2) is 55.8 Å². The van der Waals surface area contributed by atoms with Gasteiger partial charge in [0, 0.05) is 5.38 Å². The lowest BCUT2D eigenvalue weighted by Crippen LogP contribution is -2.10. The average Bonchev–Trinajstić information content (AvgIpc) is 2.79. The number of hydrogen-bond acceptors (Lipinski definition) is 5. The maximum Gasteiger partial charge on any atom is 0.247 e. The minimum atomic E-state index is -3.87. The Morgan fingerprint density at radius 3 is 2.06 bits per heavy atom. The molecule has 0 saturated heterocycles. The van der Waals surface area contributed by atoms with Crippen LogP contribution in [-0.4, -0.2) is 16.8 Å². The normalized spacial score (nSPS) is 12.5. The van der Waals surface area contributed by atoms with Crippen molar-refractivity contribution < 1.29 is 16.8 Å². The second-order valence-electron chi connectivity index (χ2n) is 3.46. The number of rotatable bonds is 3. The fourth-order valence-electron chi connectivity index (χ4n) is 1.33. The smallest absolute Gasteiger partial charge is 0.224 e. The van der Waals surface area contributed by atoms with E-state index in [2.05, 4.69) is 0 Å². The number of primary sulfonamides is 1. The van der Waals surface area contributed by atoms with Crippen molar-refractivity contribution in [1.29, 1.82) is 0 Å². The molecule has 0 aliphatic rings. The Morgan fingerprint density at radius 2 is 1.56 bits per heavy atom. The van der Waals surface area contributed by atoms with E-state index in [-0.39, 0.29) is 14.0 Å². The molecule has 0 atom stereocenters. The molecule has 1 heterocycles. The van der Waals surface area contributed by atoms with Crippen LogP contribution in [0, 0.1) is 0 Å². The first kappa shape index (κ1) is 13.2. The fourth-order valence-corrected chi connectivity index (χ4v) is 4.65. The summed E-state index contributed by atoms with van der Waals surface area (Å²) in [5.41, 5.74) is 0. The van der Waals surface area contributed by atoms with Crippen LogP contribution in [0.1, 0.15) is 0 Å². The molecule has 2 rings (SSSR count). The molecule has 2 N–H and O–H groups in total. The van der Waals surface area contributed by atoms with Crippen LogP contribution in [0.3, 0.4) is 0 Å². The summed E-state index contributed by atoms with van der Waals surface area (Å²) in [4.78, 5) is 0.0477. The van der Waals surface area contributed by atoms with Crippen LogP contribution in [0.4, 0.5) is 0 Å². The van der Waals surface area contributed by atoms with E-state index in [1.165, 1.54) is 17.5 Å². The average molecular weight is 303 g/mol. The molecule has 0 radical (unpaired) electrons. The molecule has 0 aliphatic heterocycles. The van der Waals surface area contributed by atoms with Gasteiger partial charge in [0.05, 0.1) is 9.79 Å². The Hall–Kier alpha value is -1.22.